The standard InChI is InChI=1S/C19H19N5O4/c1-22-10-15(24-9-8-23(19(26)27)11-17(24)25)14-5-6-16(21-18(14)22)28-12-13-4-2-3-7-20-13/h2-7,10H,8-9,11-12H2,1H3,(H,26,27). The Kier molecular flexibility index (Phi) is 4.56. The summed E-state index contributed by atoms with van der Waals surface area (Å²) in [7, 11) is 1.85. The third-order valence-corrected chi connectivity index (χ3v) is 4.65. The number of rotatable bonds is 4. The van der Waals surface area contributed by atoms with Gasteiger partial charge in [0.05, 0.1) is 11.4 Å². The Labute approximate surface area is 160 Å². The molecule has 0 radical (unpaired) electrons. The van der Waals surface area contributed by atoms with Gasteiger partial charge in [-0.1, -0.05) is 6.07 Å². The Hall–Kier alpha value is -3.62. The molecule has 0 atom stereocenters. The number of nitrogens with zero attached hydrogens (tertiary/aromatic N) is 5. The molecule has 0 bridgehead atoms. The molecule has 0 unspecified atom stereocenters. The first-order chi connectivity index (χ1) is 13.5. The zero-order chi connectivity index (χ0) is 19.7. The van der Waals surface area contributed by atoms with E-state index in [0.29, 0.717) is 24.7 Å². The van der Waals surface area contributed by atoms with Crippen molar-refractivity contribution in [1.82, 2.24) is 19.4 Å². The van der Waals surface area contributed by atoms with Gasteiger partial charge >= 0.3 is 6.09 Å². The molecule has 0 saturated carbocycles. The van der Waals surface area contributed by atoms with Crippen LogP contribution in [0.15, 0.2) is 42.7 Å². The van der Waals surface area contributed by atoms with Crippen molar-refractivity contribution >= 4 is 28.7 Å². The van der Waals surface area contributed by atoms with Crippen LogP contribution in [0, 0.1) is 0 Å². The molecule has 0 spiro atoms. The minimum atomic E-state index is -1.08. The van der Waals surface area contributed by atoms with Gasteiger partial charge in [-0.15, -0.1) is 0 Å². The van der Waals surface area contributed by atoms with E-state index in [-0.39, 0.29) is 19.0 Å². The van der Waals surface area contributed by atoms with Gasteiger partial charge in [-0.2, -0.15) is 4.98 Å². The SMILES string of the molecule is Cn1cc(N2CCN(C(=O)O)CC2=O)c2ccc(OCc3ccccn3)nc21. The van der Waals surface area contributed by atoms with Crippen molar-refractivity contribution < 1.29 is 19.4 Å². The number of anilines is 1. The van der Waals surface area contributed by atoms with E-state index in [0.717, 1.165) is 21.7 Å². The second-order valence-electron chi connectivity index (χ2n) is 6.51. The van der Waals surface area contributed by atoms with E-state index in [1.807, 2.05) is 42.1 Å². The van der Waals surface area contributed by atoms with Crippen LogP contribution in [0.4, 0.5) is 10.5 Å². The smallest absolute Gasteiger partial charge is 0.407 e. The first-order valence-electron chi connectivity index (χ1n) is 8.80. The van der Waals surface area contributed by atoms with Crippen LogP contribution in [-0.4, -0.2) is 56.2 Å². The number of pyridine rings is 2. The highest BCUT2D eigenvalue weighted by molar-refractivity contribution is 6.04. The normalized spacial score (nSPS) is 14.5. The number of hydrogen-bond acceptors (Lipinski definition) is 5. The summed E-state index contributed by atoms with van der Waals surface area (Å²) in [5, 5.41) is 9.88. The first-order valence-corrected chi connectivity index (χ1v) is 8.80. The maximum absolute atomic E-state index is 12.4. The number of carbonyl (C=O) groups is 2. The zero-order valence-corrected chi connectivity index (χ0v) is 15.3. The van der Waals surface area contributed by atoms with Gasteiger partial charge in [0.15, 0.2) is 0 Å². The molecule has 4 heterocycles. The van der Waals surface area contributed by atoms with E-state index in [4.69, 9.17) is 9.84 Å². The van der Waals surface area contributed by atoms with E-state index < -0.39 is 6.09 Å². The summed E-state index contributed by atoms with van der Waals surface area (Å²) >= 11 is 0. The van der Waals surface area contributed by atoms with Crippen LogP contribution in [0.3, 0.4) is 0 Å². The molecule has 1 N–H and O–H groups in total. The third-order valence-electron chi connectivity index (χ3n) is 4.65. The molecule has 1 saturated heterocycles. The molecule has 144 valence electrons. The Balaban J connectivity index is 1.56. The zero-order valence-electron chi connectivity index (χ0n) is 15.3. The molecule has 1 aliphatic rings. The van der Waals surface area contributed by atoms with Crippen LogP contribution in [0.1, 0.15) is 5.69 Å². The lowest BCUT2D eigenvalue weighted by Gasteiger charge is -2.32. The molecule has 9 heteroatoms. The second-order valence-corrected chi connectivity index (χ2v) is 6.51. The summed E-state index contributed by atoms with van der Waals surface area (Å²) in [5.41, 5.74) is 2.21. The molecule has 28 heavy (non-hydrogen) atoms. The molecule has 1 aliphatic heterocycles. The number of carboxylic acid groups (broad SMARTS) is 1. The lowest BCUT2D eigenvalue weighted by molar-refractivity contribution is -0.120. The van der Waals surface area contributed by atoms with Crippen molar-refractivity contribution in [3.8, 4) is 5.88 Å². The number of hydrogen-bond donors (Lipinski definition) is 1. The highest BCUT2D eigenvalue weighted by Gasteiger charge is 2.29. The lowest BCUT2D eigenvalue weighted by atomic mass is 10.2. The summed E-state index contributed by atoms with van der Waals surface area (Å²) < 4.78 is 7.56. The molecule has 1 fully saturated rings. The predicted molar refractivity (Wildman–Crippen MR) is 101 cm³/mol. The Morgan fingerprint density at radius 1 is 1.25 bits per heavy atom. The van der Waals surface area contributed by atoms with E-state index in [1.54, 1.807) is 17.2 Å². The first kappa shape index (κ1) is 17.8. The van der Waals surface area contributed by atoms with Crippen LogP contribution >= 0.6 is 0 Å². The van der Waals surface area contributed by atoms with Crippen molar-refractivity contribution in [2.75, 3.05) is 24.5 Å². The summed E-state index contributed by atoms with van der Waals surface area (Å²) in [5.74, 6) is 0.213. The van der Waals surface area contributed by atoms with Gasteiger partial charge in [0.25, 0.3) is 0 Å². The fourth-order valence-corrected chi connectivity index (χ4v) is 3.23. The van der Waals surface area contributed by atoms with Crippen molar-refractivity contribution in [3.63, 3.8) is 0 Å². The highest BCUT2D eigenvalue weighted by Crippen LogP contribution is 2.30. The molecule has 0 aliphatic carbocycles. The molecular formula is C19H19N5O4. The van der Waals surface area contributed by atoms with Gasteiger partial charge in [-0.25, -0.2) is 4.79 Å². The maximum atomic E-state index is 12.4. The van der Waals surface area contributed by atoms with Gasteiger partial charge in [0.2, 0.25) is 11.8 Å². The maximum Gasteiger partial charge on any atom is 0.407 e. The minimum absolute atomic E-state index is 0.148. The number of aromatic nitrogens is 3. The number of fused-ring (bicyclic) bond motifs is 1. The van der Waals surface area contributed by atoms with Gasteiger partial charge in [0.1, 0.15) is 18.8 Å². The summed E-state index contributed by atoms with van der Waals surface area (Å²) in [4.78, 5) is 35.0. The van der Waals surface area contributed by atoms with Crippen molar-refractivity contribution in [1.29, 1.82) is 0 Å². The predicted octanol–water partition coefficient (Wildman–Crippen LogP) is 1.87. The fraction of sp³-hybridized carbons (Fsp3) is 0.263. The van der Waals surface area contributed by atoms with Gasteiger partial charge < -0.3 is 19.3 Å². The minimum Gasteiger partial charge on any atom is -0.471 e. The molecule has 3 aromatic heterocycles. The molecule has 3 aromatic rings. The monoisotopic (exact) mass is 381 g/mol. The Bertz CT molecular complexity index is 1030. The van der Waals surface area contributed by atoms with Crippen LogP contribution < -0.4 is 9.64 Å². The van der Waals surface area contributed by atoms with E-state index in [2.05, 4.69) is 9.97 Å². The quantitative estimate of drug-likeness (QED) is 0.740. The number of aryl methyl sites for hydroxylation is 1. The largest absolute Gasteiger partial charge is 0.471 e. The van der Waals surface area contributed by atoms with E-state index in [1.165, 1.54) is 0 Å². The topological polar surface area (TPSA) is 101 Å². The molecule has 9 nitrogen and oxygen atoms in total. The van der Waals surface area contributed by atoms with Crippen molar-refractivity contribution in [2.24, 2.45) is 7.05 Å². The number of piperazine rings is 1. The van der Waals surface area contributed by atoms with Crippen molar-refractivity contribution in [3.05, 3.63) is 48.4 Å². The Morgan fingerprint density at radius 2 is 2.11 bits per heavy atom. The average Bonchev–Trinajstić information content (AvgIpc) is 3.03. The third kappa shape index (κ3) is 3.34. The molecular weight excluding hydrogens is 362 g/mol. The second kappa shape index (κ2) is 7.18. The fourth-order valence-electron chi connectivity index (χ4n) is 3.23. The molecule has 4 rings (SSSR count). The van der Waals surface area contributed by atoms with Crippen molar-refractivity contribution in [2.45, 2.75) is 6.61 Å². The van der Waals surface area contributed by atoms with Crippen LogP contribution in [-0.2, 0) is 18.4 Å². The number of carbonyl (C=O) groups excluding carboxylic acids is 1. The van der Waals surface area contributed by atoms with Crippen LogP contribution in [0.5, 0.6) is 5.88 Å². The number of amides is 2. The van der Waals surface area contributed by atoms with Gasteiger partial charge in [0, 0.05) is 44.0 Å². The number of ether oxygens (including phenoxy) is 1. The van der Waals surface area contributed by atoms with E-state index >= 15 is 0 Å². The summed E-state index contributed by atoms with van der Waals surface area (Å²) in [6.45, 7) is 0.745. The Morgan fingerprint density at radius 3 is 2.82 bits per heavy atom. The summed E-state index contributed by atoms with van der Waals surface area (Å²) in [6.07, 6.45) is 2.45. The van der Waals surface area contributed by atoms with Gasteiger partial charge in [-0.05, 0) is 18.2 Å². The molecule has 2 amide bonds. The lowest BCUT2D eigenvalue weighted by Crippen LogP contribution is -2.52. The van der Waals surface area contributed by atoms with Crippen LogP contribution in [0.25, 0.3) is 11.0 Å². The molecule has 0 aromatic carbocycles. The van der Waals surface area contributed by atoms with Gasteiger partial charge in [-0.3, -0.25) is 14.7 Å². The highest BCUT2D eigenvalue weighted by atomic mass is 16.5. The van der Waals surface area contributed by atoms with Crippen LogP contribution in [0.2, 0.25) is 0 Å². The average molecular weight is 381 g/mol. The van der Waals surface area contributed by atoms with E-state index in [9.17, 15) is 9.59 Å². The summed E-state index contributed by atoms with van der Waals surface area (Å²) in [6, 6.07) is 9.24.